The SMILES string of the molecule is COc1cc(O)c2c(=O)c3cc(OC)c(OC)c(OC)c3oc2c1. The second-order valence-electron chi connectivity index (χ2n) is 4.97. The summed E-state index contributed by atoms with van der Waals surface area (Å²) in [4.78, 5) is 12.8. The number of phenolic OH excluding ortho intramolecular Hbond substituents is 1. The number of fused-ring (bicyclic) bond motifs is 2. The van der Waals surface area contributed by atoms with Gasteiger partial charge in [-0.3, -0.25) is 4.79 Å². The Bertz CT molecular complexity index is 988. The van der Waals surface area contributed by atoms with E-state index in [0.29, 0.717) is 17.2 Å². The van der Waals surface area contributed by atoms with Gasteiger partial charge in [0.05, 0.1) is 33.8 Å². The Morgan fingerprint density at radius 3 is 2.21 bits per heavy atom. The van der Waals surface area contributed by atoms with E-state index in [1.54, 1.807) is 0 Å². The van der Waals surface area contributed by atoms with Crippen LogP contribution in [0, 0.1) is 0 Å². The number of hydrogen-bond acceptors (Lipinski definition) is 7. The summed E-state index contributed by atoms with van der Waals surface area (Å²) in [6, 6.07) is 4.36. The van der Waals surface area contributed by atoms with Crippen LogP contribution in [0.1, 0.15) is 0 Å². The maximum atomic E-state index is 12.8. The van der Waals surface area contributed by atoms with Crippen molar-refractivity contribution >= 4 is 21.9 Å². The average molecular weight is 332 g/mol. The number of rotatable bonds is 4. The fourth-order valence-electron chi connectivity index (χ4n) is 2.65. The number of ether oxygens (including phenoxy) is 4. The molecule has 7 heteroatoms. The Hall–Kier alpha value is -3.09. The maximum absolute atomic E-state index is 12.8. The summed E-state index contributed by atoms with van der Waals surface area (Å²) < 4.78 is 26.8. The van der Waals surface area contributed by atoms with Crippen LogP contribution in [0.2, 0.25) is 0 Å². The normalized spacial score (nSPS) is 10.8. The van der Waals surface area contributed by atoms with E-state index in [2.05, 4.69) is 0 Å². The maximum Gasteiger partial charge on any atom is 0.208 e. The number of aromatic hydroxyl groups is 1. The Balaban J connectivity index is 2.55. The molecule has 0 saturated carbocycles. The summed E-state index contributed by atoms with van der Waals surface area (Å²) in [5, 5.41) is 10.4. The Morgan fingerprint density at radius 2 is 1.62 bits per heavy atom. The highest BCUT2D eigenvalue weighted by atomic mass is 16.5. The molecule has 0 unspecified atom stereocenters. The molecule has 0 radical (unpaired) electrons. The Kier molecular flexibility index (Phi) is 3.84. The van der Waals surface area contributed by atoms with E-state index in [1.165, 1.54) is 46.6 Å². The zero-order chi connectivity index (χ0) is 17.4. The summed E-state index contributed by atoms with van der Waals surface area (Å²) >= 11 is 0. The Labute approximate surface area is 136 Å². The monoisotopic (exact) mass is 332 g/mol. The highest BCUT2D eigenvalue weighted by Crippen LogP contribution is 2.44. The number of phenols is 1. The van der Waals surface area contributed by atoms with Crippen molar-refractivity contribution in [2.24, 2.45) is 0 Å². The number of hydrogen-bond donors (Lipinski definition) is 1. The molecule has 1 N–H and O–H groups in total. The van der Waals surface area contributed by atoms with Crippen LogP contribution in [0.3, 0.4) is 0 Å². The molecule has 0 spiro atoms. The molecule has 3 rings (SSSR count). The van der Waals surface area contributed by atoms with Crippen LogP contribution in [0.25, 0.3) is 21.9 Å². The van der Waals surface area contributed by atoms with Crippen LogP contribution in [0.15, 0.2) is 27.4 Å². The molecule has 0 aliphatic rings. The van der Waals surface area contributed by atoms with E-state index in [1.807, 2.05) is 0 Å². The van der Waals surface area contributed by atoms with Gasteiger partial charge >= 0.3 is 0 Å². The number of methoxy groups -OCH3 is 4. The molecule has 1 aromatic heterocycles. The molecule has 7 nitrogen and oxygen atoms in total. The quantitative estimate of drug-likeness (QED) is 0.735. The zero-order valence-corrected chi connectivity index (χ0v) is 13.6. The van der Waals surface area contributed by atoms with Gasteiger partial charge in [0.15, 0.2) is 11.3 Å². The molecule has 0 saturated heterocycles. The first kappa shape index (κ1) is 15.8. The second kappa shape index (κ2) is 5.84. The van der Waals surface area contributed by atoms with Gasteiger partial charge in [0.1, 0.15) is 22.5 Å². The first-order valence-corrected chi connectivity index (χ1v) is 7.02. The molecular formula is C17H16O7. The van der Waals surface area contributed by atoms with E-state index in [-0.39, 0.29) is 33.4 Å². The van der Waals surface area contributed by atoms with E-state index in [4.69, 9.17) is 23.4 Å². The molecule has 1 heterocycles. The lowest BCUT2D eigenvalue weighted by molar-refractivity contribution is 0.324. The van der Waals surface area contributed by atoms with Gasteiger partial charge in [-0.1, -0.05) is 0 Å². The summed E-state index contributed by atoms with van der Waals surface area (Å²) in [5.74, 6) is 0.993. The van der Waals surface area contributed by atoms with Crippen molar-refractivity contribution in [3.63, 3.8) is 0 Å². The van der Waals surface area contributed by atoms with Crippen molar-refractivity contribution in [1.82, 2.24) is 0 Å². The Morgan fingerprint density at radius 1 is 0.917 bits per heavy atom. The third-order valence-corrected chi connectivity index (χ3v) is 3.76. The van der Waals surface area contributed by atoms with Gasteiger partial charge in [0.2, 0.25) is 16.9 Å². The van der Waals surface area contributed by atoms with Gasteiger partial charge in [0, 0.05) is 12.1 Å². The van der Waals surface area contributed by atoms with Crippen LogP contribution in [0.4, 0.5) is 0 Å². The molecule has 126 valence electrons. The van der Waals surface area contributed by atoms with Gasteiger partial charge in [-0.2, -0.15) is 0 Å². The zero-order valence-electron chi connectivity index (χ0n) is 13.6. The minimum atomic E-state index is -0.411. The fraction of sp³-hybridized carbons (Fsp3) is 0.235. The van der Waals surface area contributed by atoms with E-state index in [0.717, 1.165) is 0 Å². The van der Waals surface area contributed by atoms with Gasteiger partial charge in [-0.05, 0) is 6.07 Å². The molecule has 0 aliphatic heterocycles. The topological polar surface area (TPSA) is 87.4 Å². The first-order valence-electron chi connectivity index (χ1n) is 7.02. The average Bonchev–Trinajstić information content (AvgIpc) is 2.59. The van der Waals surface area contributed by atoms with Gasteiger partial charge in [-0.15, -0.1) is 0 Å². The molecule has 0 bridgehead atoms. The molecule has 2 aromatic carbocycles. The van der Waals surface area contributed by atoms with Crippen molar-refractivity contribution in [2.75, 3.05) is 28.4 Å². The standard InChI is InChI=1S/C17H16O7/c1-20-8-5-10(18)13-11(6-8)24-15-9(14(13)19)7-12(21-2)16(22-3)17(15)23-4/h5-7,18H,1-4H3. The minimum absolute atomic E-state index is 0.0533. The van der Waals surface area contributed by atoms with Crippen molar-refractivity contribution in [3.05, 3.63) is 28.4 Å². The van der Waals surface area contributed by atoms with Crippen molar-refractivity contribution in [3.8, 4) is 28.7 Å². The summed E-state index contributed by atoms with van der Waals surface area (Å²) in [7, 11) is 5.80. The van der Waals surface area contributed by atoms with Crippen LogP contribution in [-0.4, -0.2) is 33.5 Å². The molecular weight excluding hydrogens is 316 g/mol. The predicted octanol–water partition coefficient (Wildman–Crippen LogP) is 2.69. The minimum Gasteiger partial charge on any atom is -0.507 e. The molecule has 3 aromatic rings. The fourth-order valence-corrected chi connectivity index (χ4v) is 2.65. The molecule has 0 fully saturated rings. The highest BCUT2D eigenvalue weighted by Gasteiger charge is 2.22. The van der Waals surface area contributed by atoms with Crippen LogP contribution in [-0.2, 0) is 0 Å². The highest BCUT2D eigenvalue weighted by molar-refractivity contribution is 5.97. The van der Waals surface area contributed by atoms with Crippen molar-refractivity contribution in [1.29, 1.82) is 0 Å². The summed E-state index contributed by atoms with van der Waals surface area (Å²) in [6.45, 7) is 0. The summed E-state index contributed by atoms with van der Waals surface area (Å²) in [5.41, 5.74) is -0.0409. The van der Waals surface area contributed by atoms with E-state index in [9.17, 15) is 9.90 Å². The lowest BCUT2D eigenvalue weighted by atomic mass is 10.1. The second-order valence-corrected chi connectivity index (χ2v) is 4.97. The van der Waals surface area contributed by atoms with Gasteiger partial charge < -0.3 is 28.5 Å². The van der Waals surface area contributed by atoms with E-state index >= 15 is 0 Å². The molecule has 0 amide bonds. The molecule has 24 heavy (non-hydrogen) atoms. The largest absolute Gasteiger partial charge is 0.507 e. The van der Waals surface area contributed by atoms with Gasteiger partial charge in [0.25, 0.3) is 0 Å². The van der Waals surface area contributed by atoms with E-state index < -0.39 is 5.43 Å². The lowest BCUT2D eigenvalue weighted by Gasteiger charge is -2.14. The molecule has 0 aliphatic carbocycles. The number of benzene rings is 2. The van der Waals surface area contributed by atoms with Crippen molar-refractivity contribution < 1.29 is 28.5 Å². The van der Waals surface area contributed by atoms with Crippen LogP contribution < -0.4 is 24.4 Å². The first-order chi connectivity index (χ1) is 11.5. The third kappa shape index (κ3) is 2.17. The summed E-state index contributed by atoms with van der Waals surface area (Å²) in [6.07, 6.45) is 0. The molecule has 0 atom stereocenters. The van der Waals surface area contributed by atoms with Crippen LogP contribution in [0.5, 0.6) is 28.7 Å². The van der Waals surface area contributed by atoms with Crippen LogP contribution >= 0.6 is 0 Å². The lowest BCUT2D eigenvalue weighted by Crippen LogP contribution is -2.05. The van der Waals surface area contributed by atoms with Gasteiger partial charge in [-0.25, -0.2) is 0 Å². The van der Waals surface area contributed by atoms with Crippen molar-refractivity contribution in [2.45, 2.75) is 0 Å². The smallest absolute Gasteiger partial charge is 0.208 e. The third-order valence-electron chi connectivity index (χ3n) is 3.76. The predicted molar refractivity (Wildman–Crippen MR) is 87.9 cm³/mol.